The Morgan fingerprint density at radius 3 is 2.48 bits per heavy atom. The Hall–Kier alpha value is -1.09. The van der Waals surface area contributed by atoms with Crippen molar-refractivity contribution < 1.29 is 21.2 Å². The van der Waals surface area contributed by atoms with E-state index in [2.05, 4.69) is 76.7 Å². The van der Waals surface area contributed by atoms with E-state index in [4.69, 9.17) is 0 Å². The number of alkyl halides is 1. The number of benzene rings is 2. The molecule has 0 aliphatic heterocycles. The molecule has 0 saturated heterocycles. The Morgan fingerprint density at radius 1 is 1.09 bits per heavy atom. The third kappa shape index (κ3) is 5.20. The van der Waals surface area contributed by atoms with Gasteiger partial charge in [0, 0.05) is 0 Å². The van der Waals surface area contributed by atoms with Crippen LogP contribution in [0.1, 0.15) is 49.4 Å². The molecule has 23 heavy (non-hydrogen) atoms. The number of allylic oxidation sites excluding steroid dienone is 1. The van der Waals surface area contributed by atoms with Crippen LogP contribution in [0.5, 0.6) is 0 Å². The van der Waals surface area contributed by atoms with Crippen LogP contribution >= 0.6 is 0 Å². The van der Waals surface area contributed by atoms with Crippen LogP contribution in [0.2, 0.25) is 0 Å². The van der Waals surface area contributed by atoms with Crippen LogP contribution in [-0.2, 0) is 16.3 Å². The second-order valence-electron chi connectivity index (χ2n) is 7.09. The van der Waals surface area contributed by atoms with E-state index in [1.54, 1.807) is 3.57 Å². The van der Waals surface area contributed by atoms with E-state index in [0.717, 1.165) is 12.8 Å². The summed E-state index contributed by atoms with van der Waals surface area (Å²) in [5, 5.41) is 0. The first-order chi connectivity index (χ1) is 10.9. The van der Waals surface area contributed by atoms with Crippen molar-refractivity contribution in [2.75, 3.05) is 0 Å². The molecule has 0 nitrogen and oxygen atoms in total. The van der Waals surface area contributed by atoms with E-state index >= 15 is 0 Å². The summed E-state index contributed by atoms with van der Waals surface area (Å²) < 4.78 is 2.81. The number of halogens is 1. The third-order valence-corrected chi connectivity index (χ3v) is 7.18. The summed E-state index contributed by atoms with van der Waals surface area (Å²) in [7, 11) is 0. The van der Waals surface area contributed by atoms with Gasteiger partial charge in [-0.05, 0) is 0 Å². The Kier molecular flexibility index (Phi) is 6.46. The summed E-state index contributed by atoms with van der Waals surface area (Å²) in [6, 6.07) is 16.0. The van der Waals surface area contributed by atoms with Crippen molar-refractivity contribution in [3.8, 4) is 0 Å². The Balaban J connectivity index is 2.10. The number of aryl methyl sites for hydroxylation is 2. The molecule has 0 heterocycles. The summed E-state index contributed by atoms with van der Waals surface area (Å²) >= 11 is 0.0229. The van der Waals surface area contributed by atoms with Crippen molar-refractivity contribution >= 4 is 0 Å². The van der Waals surface area contributed by atoms with Gasteiger partial charge in [-0.3, -0.25) is 0 Å². The molecule has 0 radical (unpaired) electrons. The monoisotopic (exact) mass is 419 g/mol. The summed E-state index contributed by atoms with van der Waals surface area (Å²) in [4.78, 5) is 0. The van der Waals surface area contributed by atoms with Crippen molar-refractivity contribution in [3.05, 3.63) is 80.9 Å². The normalized spacial score (nSPS) is 11.7. The molecule has 0 atom stereocenters. The first-order valence-corrected chi connectivity index (χ1v) is 10.9. The maximum atomic E-state index is 3.85. The van der Waals surface area contributed by atoms with Gasteiger partial charge in [0.1, 0.15) is 0 Å². The predicted molar refractivity (Wildman–Crippen MR) is 97.2 cm³/mol. The number of rotatable bonds is 6. The van der Waals surface area contributed by atoms with Crippen LogP contribution in [0.4, 0.5) is 0 Å². The van der Waals surface area contributed by atoms with Gasteiger partial charge < -0.3 is 0 Å². The van der Waals surface area contributed by atoms with Gasteiger partial charge in [0.2, 0.25) is 0 Å². The Morgan fingerprint density at radius 2 is 1.83 bits per heavy atom. The van der Waals surface area contributed by atoms with Crippen molar-refractivity contribution in [2.45, 2.75) is 50.4 Å². The summed E-state index contributed by atoms with van der Waals surface area (Å²) in [5.41, 5.74) is 6.13. The molecular formula is C22H28I-. The van der Waals surface area contributed by atoms with Gasteiger partial charge in [-0.2, -0.15) is 0 Å². The fourth-order valence-corrected chi connectivity index (χ4v) is 5.62. The van der Waals surface area contributed by atoms with Gasteiger partial charge in [-0.1, -0.05) is 0 Å². The minimum atomic E-state index is 0.0229. The maximum absolute atomic E-state index is 3.85. The Bertz CT molecular complexity index is 662. The second-order valence-corrected chi connectivity index (χ2v) is 9.77. The van der Waals surface area contributed by atoms with E-state index in [1.807, 2.05) is 6.08 Å². The van der Waals surface area contributed by atoms with Crippen LogP contribution in [0.25, 0.3) is 0 Å². The molecule has 0 spiro atoms. The fourth-order valence-electron chi connectivity index (χ4n) is 2.89. The minimum absolute atomic E-state index is 0.0229. The fraction of sp³-hybridized carbons (Fsp3) is 0.364. The van der Waals surface area contributed by atoms with Crippen molar-refractivity contribution in [3.63, 3.8) is 0 Å². The van der Waals surface area contributed by atoms with Gasteiger partial charge in [-0.15, -0.1) is 0 Å². The topological polar surface area (TPSA) is 0 Å². The molecule has 0 unspecified atom stereocenters. The second kappa shape index (κ2) is 8.14. The quantitative estimate of drug-likeness (QED) is 0.384. The molecule has 0 N–H and O–H groups in total. The third-order valence-electron chi connectivity index (χ3n) is 4.04. The molecule has 1 heteroatoms. The molecule has 0 saturated carbocycles. The standard InChI is InChI=1S/C22H28I/c1-6-7-10-19-11-8-9-12-21(19)23-16-18-13-14-20(17(2)15-18)22(3,4)5/h6,8-9,11-15H,1,7,10,16H2,2-5H3/q-1. The van der Waals surface area contributed by atoms with Gasteiger partial charge in [0.25, 0.3) is 0 Å². The van der Waals surface area contributed by atoms with E-state index in [0.29, 0.717) is 0 Å². The molecule has 2 aromatic rings. The Labute approximate surface area is 152 Å². The molecule has 0 bridgehead atoms. The molecule has 2 aromatic carbocycles. The first-order valence-electron chi connectivity index (χ1n) is 8.30. The SMILES string of the molecule is C=CCCc1ccccc1[I-]Cc1ccc(C(C)(C)C)c(C)c1. The number of hydrogen-bond donors (Lipinski definition) is 0. The molecule has 0 fully saturated rings. The molecular weight excluding hydrogens is 391 g/mol. The summed E-state index contributed by atoms with van der Waals surface area (Å²) in [5.74, 6) is 0. The van der Waals surface area contributed by atoms with E-state index in [1.165, 1.54) is 26.7 Å². The van der Waals surface area contributed by atoms with Crippen molar-refractivity contribution in [1.29, 1.82) is 0 Å². The predicted octanol–water partition coefficient (Wildman–Crippen LogP) is 2.87. The van der Waals surface area contributed by atoms with E-state index < -0.39 is 0 Å². The zero-order valence-corrected chi connectivity index (χ0v) is 17.0. The summed E-state index contributed by atoms with van der Waals surface area (Å²) in [6.07, 6.45) is 4.21. The van der Waals surface area contributed by atoms with Crippen LogP contribution < -0.4 is 21.2 Å². The van der Waals surface area contributed by atoms with Gasteiger partial charge in [0.15, 0.2) is 0 Å². The molecule has 2 rings (SSSR count). The molecule has 0 aliphatic rings. The molecule has 0 aliphatic carbocycles. The van der Waals surface area contributed by atoms with Crippen molar-refractivity contribution in [1.82, 2.24) is 0 Å². The average molecular weight is 419 g/mol. The molecule has 124 valence electrons. The van der Waals surface area contributed by atoms with Gasteiger partial charge in [-0.25, -0.2) is 0 Å². The van der Waals surface area contributed by atoms with Crippen LogP contribution in [0.15, 0.2) is 55.1 Å². The van der Waals surface area contributed by atoms with Crippen molar-refractivity contribution in [2.24, 2.45) is 0 Å². The van der Waals surface area contributed by atoms with Crippen LogP contribution in [0, 0.1) is 10.5 Å². The zero-order valence-electron chi connectivity index (χ0n) is 14.8. The first kappa shape index (κ1) is 18.3. The number of hydrogen-bond acceptors (Lipinski definition) is 0. The average Bonchev–Trinajstić information content (AvgIpc) is 2.50. The van der Waals surface area contributed by atoms with Crippen LogP contribution in [-0.4, -0.2) is 0 Å². The summed E-state index contributed by atoms with van der Waals surface area (Å²) in [6.45, 7) is 13.0. The van der Waals surface area contributed by atoms with Gasteiger partial charge >= 0.3 is 153 Å². The van der Waals surface area contributed by atoms with Gasteiger partial charge in [0.05, 0.1) is 0 Å². The van der Waals surface area contributed by atoms with E-state index in [9.17, 15) is 0 Å². The van der Waals surface area contributed by atoms with Crippen LogP contribution in [0.3, 0.4) is 0 Å². The van der Waals surface area contributed by atoms with E-state index in [-0.39, 0.29) is 26.6 Å². The molecule has 0 aromatic heterocycles. The molecule has 0 amide bonds. The zero-order chi connectivity index (χ0) is 16.9.